The number of nitrogens with two attached hydrogens (primary N) is 1. The number of amides is 1. The van der Waals surface area contributed by atoms with Crippen molar-refractivity contribution < 1.29 is 4.79 Å². The van der Waals surface area contributed by atoms with Crippen LogP contribution in [0.25, 0.3) is 0 Å². The lowest BCUT2D eigenvalue weighted by Gasteiger charge is -2.07. The maximum absolute atomic E-state index is 10.7. The third-order valence-corrected chi connectivity index (χ3v) is 2.26. The molecule has 0 radical (unpaired) electrons. The molecule has 0 bridgehead atoms. The highest BCUT2D eigenvalue weighted by Crippen LogP contribution is 2.21. The van der Waals surface area contributed by atoms with Crippen LogP contribution in [-0.2, 0) is 4.79 Å². The summed E-state index contributed by atoms with van der Waals surface area (Å²) < 4.78 is 0. The van der Waals surface area contributed by atoms with Gasteiger partial charge in [-0.05, 0) is 12.8 Å². The molecule has 2 N–H and O–H groups in total. The largest absolute Gasteiger partial charge is 0.369 e. The smallest absolute Gasteiger partial charge is 0.220 e. The fraction of sp³-hybridized carbons (Fsp3) is 0.875. The number of rotatable bonds is 1. The normalized spacial score (nSPS) is 22.0. The first-order valence-electron chi connectivity index (χ1n) is 4.10. The van der Waals surface area contributed by atoms with Crippen LogP contribution in [0.3, 0.4) is 0 Å². The van der Waals surface area contributed by atoms with Crippen molar-refractivity contribution in [3.63, 3.8) is 0 Å². The SMILES string of the molecule is NC(=O)C1CCCCCC1. The van der Waals surface area contributed by atoms with E-state index in [-0.39, 0.29) is 11.8 Å². The van der Waals surface area contributed by atoms with E-state index in [9.17, 15) is 4.79 Å². The number of primary amides is 1. The first-order valence-corrected chi connectivity index (χ1v) is 4.10. The van der Waals surface area contributed by atoms with Gasteiger partial charge in [0.2, 0.25) is 5.91 Å². The molecule has 1 fully saturated rings. The minimum absolute atomic E-state index is 0.0955. The summed E-state index contributed by atoms with van der Waals surface area (Å²) in [5, 5.41) is 0. The van der Waals surface area contributed by atoms with Crippen molar-refractivity contribution in [2.24, 2.45) is 11.7 Å². The van der Waals surface area contributed by atoms with E-state index in [2.05, 4.69) is 0 Å². The van der Waals surface area contributed by atoms with Crippen LogP contribution in [-0.4, -0.2) is 5.91 Å². The van der Waals surface area contributed by atoms with Crippen molar-refractivity contribution in [2.45, 2.75) is 38.5 Å². The van der Waals surface area contributed by atoms with Gasteiger partial charge in [0, 0.05) is 5.92 Å². The van der Waals surface area contributed by atoms with E-state index >= 15 is 0 Å². The average molecular weight is 141 g/mol. The highest BCUT2D eigenvalue weighted by Gasteiger charge is 2.16. The van der Waals surface area contributed by atoms with Crippen molar-refractivity contribution in [3.05, 3.63) is 0 Å². The molecule has 10 heavy (non-hydrogen) atoms. The van der Waals surface area contributed by atoms with Gasteiger partial charge in [-0.1, -0.05) is 25.7 Å². The van der Waals surface area contributed by atoms with Gasteiger partial charge in [0.25, 0.3) is 0 Å². The van der Waals surface area contributed by atoms with Gasteiger partial charge in [0.05, 0.1) is 0 Å². The molecule has 0 unspecified atom stereocenters. The maximum atomic E-state index is 10.7. The summed E-state index contributed by atoms with van der Waals surface area (Å²) in [6.45, 7) is 0. The molecule has 0 saturated heterocycles. The van der Waals surface area contributed by atoms with E-state index in [1.807, 2.05) is 0 Å². The van der Waals surface area contributed by atoms with Crippen molar-refractivity contribution in [1.82, 2.24) is 0 Å². The molecule has 58 valence electrons. The van der Waals surface area contributed by atoms with Gasteiger partial charge >= 0.3 is 0 Å². The number of hydrogen-bond acceptors (Lipinski definition) is 1. The summed E-state index contributed by atoms with van der Waals surface area (Å²) in [5.41, 5.74) is 5.20. The molecule has 1 amide bonds. The molecule has 1 aliphatic rings. The van der Waals surface area contributed by atoms with Crippen LogP contribution in [0, 0.1) is 5.92 Å². The highest BCUT2D eigenvalue weighted by atomic mass is 16.1. The summed E-state index contributed by atoms with van der Waals surface area (Å²) in [4.78, 5) is 10.7. The van der Waals surface area contributed by atoms with Crippen molar-refractivity contribution in [1.29, 1.82) is 0 Å². The van der Waals surface area contributed by atoms with Gasteiger partial charge in [-0.2, -0.15) is 0 Å². The molecular weight excluding hydrogens is 126 g/mol. The fourth-order valence-electron chi connectivity index (χ4n) is 1.56. The zero-order chi connectivity index (χ0) is 7.40. The second-order valence-corrected chi connectivity index (χ2v) is 3.09. The topological polar surface area (TPSA) is 43.1 Å². The third-order valence-electron chi connectivity index (χ3n) is 2.26. The Kier molecular flexibility index (Phi) is 2.72. The molecule has 0 aromatic rings. The maximum Gasteiger partial charge on any atom is 0.220 e. The Morgan fingerprint density at radius 1 is 1.10 bits per heavy atom. The van der Waals surface area contributed by atoms with Gasteiger partial charge in [-0.15, -0.1) is 0 Å². The van der Waals surface area contributed by atoms with E-state index in [0.29, 0.717) is 0 Å². The molecule has 1 aliphatic carbocycles. The second kappa shape index (κ2) is 3.59. The van der Waals surface area contributed by atoms with E-state index in [4.69, 9.17) is 5.73 Å². The van der Waals surface area contributed by atoms with Crippen LogP contribution >= 0.6 is 0 Å². The van der Waals surface area contributed by atoms with E-state index in [0.717, 1.165) is 12.8 Å². The minimum Gasteiger partial charge on any atom is -0.369 e. The summed E-state index contributed by atoms with van der Waals surface area (Å²) in [7, 11) is 0. The molecule has 0 aromatic heterocycles. The van der Waals surface area contributed by atoms with Gasteiger partial charge in [0.1, 0.15) is 0 Å². The predicted molar refractivity (Wildman–Crippen MR) is 40.4 cm³/mol. The molecule has 0 aromatic carbocycles. The molecule has 0 aliphatic heterocycles. The predicted octanol–water partition coefficient (Wildman–Crippen LogP) is 1.44. The standard InChI is InChI=1S/C8H15NO/c9-8(10)7-5-3-1-2-4-6-7/h7H,1-6H2,(H2,9,10). The number of hydrogen-bond donors (Lipinski definition) is 1. The molecule has 0 atom stereocenters. The lowest BCUT2D eigenvalue weighted by molar-refractivity contribution is -0.122. The monoisotopic (exact) mass is 141 g/mol. The average Bonchev–Trinajstić information content (AvgIpc) is 2.12. The van der Waals surface area contributed by atoms with Crippen LogP contribution in [0.15, 0.2) is 0 Å². The molecule has 2 nitrogen and oxygen atoms in total. The van der Waals surface area contributed by atoms with Crippen LogP contribution in [0.2, 0.25) is 0 Å². The Hall–Kier alpha value is -0.530. The molecule has 1 rings (SSSR count). The summed E-state index contributed by atoms with van der Waals surface area (Å²) in [6, 6.07) is 0. The summed E-state index contributed by atoms with van der Waals surface area (Å²) in [6.07, 6.45) is 6.99. The van der Waals surface area contributed by atoms with Crippen molar-refractivity contribution >= 4 is 5.91 Å². The zero-order valence-corrected chi connectivity index (χ0v) is 6.31. The lowest BCUT2D eigenvalue weighted by Crippen LogP contribution is -2.22. The number of carbonyl (C=O) groups excluding carboxylic acids is 1. The Morgan fingerprint density at radius 3 is 2.00 bits per heavy atom. The van der Waals surface area contributed by atoms with E-state index < -0.39 is 0 Å². The van der Waals surface area contributed by atoms with Gasteiger partial charge in [-0.3, -0.25) is 4.79 Å². The Labute approximate surface area is 61.8 Å². The third kappa shape index (κ3) is 2.01. The lowest BCUT2D eigenvalue weighted by atomic mass is 10.0. The summed E-state index contributed by atoms with van der Waals surface area (Å²) in [5.74, 6) is 0.0874. The molecule has 2 heteroatoms. The number of carbonyl (C=O) groups is 1. The molecule has 0 spiro atoms. The first-order chi connectivity index (χ1) is 4.80. The Morgan fingerprint density at radius 2 is 1.60 bits per heavy atom. The van der Waals surface area contributed by atoms with Crippen molar-refractivity contribution in [3.8, 4) is 0 Å². The molecular formula is C8H15NO. The van der Waals surface area contributed by atoms with E-state index in [1.54, 1.807) is 0 Å². The minimum atomic E-state index is -0.0955. The zero-order valence-electron chi connectivity index (χ0n) is 6.31. The van der Waals surface area contributed by atoms with Gasteiger partial charge in [0.15, 0.2) is 0 Å². The quantitative estimate of drug-likeness (QED) is 0.552. The molecule has 0 heterocycles. The van der Waals surface area contributed by atoms with Gasteiger partial charge in [-0.25, -0.2) is 0 Å². The van der Waals surface area contributed by atoms with Crippen LogP contribution < -0.4 is 5.73 Å². The van der Waals surface area contributed by atoms with Crippen LogP contribution in [0.1, 0.15) is 38.5 Å². The Balaban J connectivity index is 2.35. The molecule has 1 saturated carbocycles. The highest BCUT2D eigenvalue weighted by molar-refractivity contribution is 5.76. The second-order valence-electron chi connectivity index (χ2n) is 3.09. The summed E-state index contributed by atoms with van der Waals surface area (Å²) >= 11 is 0. The van der Waals surface area contributed by atoms with E-state index in [1.165, 1.54) is 25.7 Å². The van der Waals surface area contributed by atoms with Crippen LogP contribution in [0.5, 0.6) is 0 Å². The fourth-order valence-corrected chi connectivity index (χ4v) is 1.56. The Bertz CT molecular complexity index is 114. The van der Waals surface area contributed by atoms with Crippen LogP contribution in [0.4, 0.5) is 0 Å². The van der Waals surface area contributed by atoms with Crippen molar-refractivity contribution in [2.75, 3.05) is 0 Å². The van der Waals surface area contributed by atoms with Gasteiger partial charge < -0.3 is 5.73 Å². The first kappa shape index (κ1) is 7.58.